The number of nitrogens with one attached hydrogen (secondary N) is 1. The van der Waals surface area contributed by atoms with E-state index in [-0.39, 0.29) is 0 Å². The van der Waals surface area contributed by atoms with Gasteiger partial charge in [0.1, 0.15) is 0 Å². The first kappa shape index (κ1) is 10.7. The molecule has 5 nitrogen and oxygen atoms in total. The molecule has 11 heavy (non-hydrogen) atoms. The van der Waals surface area contributed by atoms with Gasteiger partial charge in [-0.2, -0.15) is 0 Å². The Labute approximate surface area is 76.9 Å². The van der Waals surface area contributed by atoms with Crippen molar-refractivity contribution in [1.82, 2.24) is 5.32 Å². The van der Waals surface area contributed by atoms with Crippen molar-refractivity contribution >= 4 is 32.9 Å². The molecule has 0 aromatic carbocycles. The SMILES string of the molecule is CSC(=N[N+](=O)[O-])NCCBr. The first-order valence-electron chi connectivity index (χ1n) is 2.77. The molecule has 0 rings (SSSR count). The van der Waals surface area contributed by atoms with Crippen LogP contribution in [0, 0.1) is 10.1 Å². The summed E-state index contributed by atoms with van der Waals surface area (Å²) >= 11 is 4.39. The number of amidine groups is 1. The Balaban J connectivity index is 3.84. The van der Waals surface area contributed by atoms with E-state index < -0.39 is 5.03 Å². The molecule has 0 atom stereocenters. The van der Waals surface area contributed by atoms with Crippen molar-refractivity contribution in [3.8, 4) is 0 Å². The van der Waals surface area contributed by atoms with Gasteiger partial charge in [0.05, 0.1) is 5.10 Å². The molecule has 0 bridgehead atoms. The van der Waals surface area contributed by atoms with Crippen LogP contribution in [-0.2, 0) is 0 Å². The quantitative estimate of drug-likeness (QED) is 0.262. The van der Waals surface area contributed by atoms with Crippen molar-refractivity contribution in [2.24, 2.45) is 5.10 Å². The van der Waals surface area contributed by atoms with Gasteiger partial charge in [-0.3, -0.25) is 0 Å². The Bertz CT molecular complexity index is 163. The van der Waals surface area contributed by atoms with Crippen LogP contribution in [0.4, 0.5) is 0 Å². The van der Waals surface area contributed by atoms with E-state index in [2.05, 4.69) is 26.3 Å². The molecule has 0 spiro atoms. The molecule has 0 saturated carbocycles. The van der Waals surface area contributed by atoms with E-state index in [1.807, 2.05) is 0 Å². The molecule has 0 heterocycles. The standard InChI is InChI=1S/C4H8BrN3O2S/c1-11-4(6-3-2-5)7-8(9)10/h2-3H2,1H3,(H,6,7). The van der Waals surface area contributed by atoms with Crippen LogP contribution in [0.2, 0.25) is 0 Å². The third-order valence-corrected chi connectivity index (χ3v) is 1.75. The lowest BCUT2D eigenvalue weighted by Crippen LogP contribution is -2.23. The number of halogens is 1. The molecule has 0 aliphatic rings. The molecule has 0 saturated heterocycles. The molecule has 0 aliphatic carbocycles. The second-order valence-electron chi connectivity index (χ2n) is 1.46. The highest BCUT2D eigenvalue weighted by atomic mass is 79.9. The minimum absolute atomic E-state index is 0.328. The first-order chi connectivity index (χ1) is 5.20. The summed E-state index contributed by atoms with van der Waals surface area (Å²) in [6, 6.07) is 0. The van der Waals surface area contributed by atoms with Crippen molar-refractivity contribution in [3.63, 3.8) is 0 Å². The Morgan fingerprint density at radius 1 is 1.91 bits per heavy atom. The van der Waals surface area contributed by atoms with Crippen molar-refractivity contribution in [2.45, 2.75) is 0 Å². The molecule has 0 aromatic rings. The van der Waals surface area contributed by atoms with Crippen LogP contribution >= 0.6 is 27.7 Å². The molecule has 0 unspecified atom stereocenters. The molecule has 1 N–H and O–H groups in total. The van der Waals surface area contributed by atoms with E-state index in [0.29, 0.717) is 11.7 Å². The van der Waals surface area contributed by atoms with Crippen LogP contribution in [0.3, 0.4) is 0 Å². The topological polar surface area (TPSA) is 67.5 Å². The monoisotopic (exact) mass is 241 g/mol. The number of thioether (sulfide) groups is 1. The van der Waals surface area contributed by atoms with Crippen LogP contribution in [0.5, 0.6) is 0 Å². The maximum atomic E-state index is 9.88. The van der Waals surface area contributed by atoms with Crippen molar-refractivity contribution in [2.75, 3.05) is 18.1 Å². The fourth-order valence-corrected chi connectivity index (χ4v) is 0.970. The lowest BCUT2D eigenvalue weighted by Gasteiger charge is -1.99. The summed E-state index contributed by atoms with van der Waals surface area (Å²) in [4.78, 5) is 9.88. The molecule has 0 radical (unpaired) electrons. The van der Waals surface area contributed by atoms with E-state index in [4.69, 9.17) is 0 Å². The lowest BCUT2D eigenvalue weighted by molar-refractivity contribution is -0.484. The van der Waals surface area contributed by atoms with Gasteiger partial charge >= 0.3 is 0 Å². The number of nitro groups is 1. The molecule has 64 valence electrons. The Morgan fingerprint density at radius 3 is 2.91 bits per heavy atom. The van der Waals surface area contributed by atoms with Crippen LogP contribution in [0.1, 0.15) is 0 Å². The van der Waals surface area contributed by atoms with Gasteiger partial charge in [0, 0.05) is 11.9 Å². The lowest BCUT2D eigenvalue weighted by atomic mass is 10.8. The van der Waals surface area contributed by atoms with E-state index in [1.165, 1.54) is 11.8 Å². The third kappa shape index (κ3) is 6.11. The highest BCUT2D eigenvalue weighted by Gasteiger charge is 2.00. The minimum Gasteiger partial charge on any atom is -0.359 e. The zero-order chi connectivity index (χ0) is 8.69. The van der Waals surface area contributed by atoms with Gasteiger partial charge in [0.25, 0.3) is 0 Å². The summed E-state index contributed by atoms with van der Waals surface area (Å²) in [5, 5.41) is 16.1. The van der Waals surface area contributed by atoms with E-state index >= 15 is 0 Å². The Hall–Kier alpha value is -0.300. The summed E-state index contributed by atoms with van der Waals surface area (Å²) in [6.07, 6.45) is 1.73. The summed E-state index contributed by atoms with van der Waals surface area (Å²) in [6.45, 7) is 0.632. The highest BCUT2D eigenvalue weighted by molar-refractivity contribution is 9.09. The van der Waals surface area contributed by atoms with E-state index in [0.717, 1.165) is 5.33 Å². The van der Waals surface area contributed by atoms with Gasteiger partial charge in [-0.25, -0.2) is 10.1 Å². The van der Waals surface area contributed by atoms with Crippen LogP contribution in [0.15, 0.2) is 5.10 Å². The van der Waals surface area contributed by atoms with Gasteiger partial charge in [0.15, 0.2) is 5.03 Å². The molecule has 0 fully saturated rings. The Kier molecular flexibility index (Phi) is 6.24. The second kappa shape index (κ2) is 6.41. The summed E-state index contributed by atoms with van der Waals surface area (Å²) < 4.78 is 0. The van der Waals surface area contributed by atoms with Crippen LogP contribution in [-0.4, -0.2) is 28.3 Å². The van der Waals surface area contributed by atoms with Gasteiger partial charge in [-0.05, 0) is 6.26 Å². The zero-order valence-electron chi connectivity index (χ0n) is 5.91. The van der Waals surface area contributed by atoms with Gasteiger partial charge in [-0.1, -0.05) is 27.7 Å². The molecular weight excluding hydrogens is 234 g/mol. The van der Waals surface area contributed by atoms with Crippen molar-refractivity contribution in [1.29, 1.82) is 0 Å². The summed E-state index contributed by atoms with van der Waals surface area (Å²) in [5.74, 6) is 0. The Morgan fingerprint density at radius 2 is 2.55 bits per heavy atom. The number of hydrogen-bond donors (Lipinski definition) is 1. The van der Waals surface area contributed by atoms with Crippen LogP contribution < -0.4 is 5.32 Å². The molecule has 7 heteroatoms. The largest absolute Gasteiger partial charge is 0.359 e. The second-order valence-corrected chi connectivity index (χ2v) is 3.05. The fourth-order valence-electron chi connectivity index (χ4n) is 0.377. The predicted molar refractivity (Wildman–Crippen MR) is 49.7 cm³/mol. The molecule has 0 aliphatic heterocycles. The van der Waals surface area contributed by atoms with Gasteiger partial charge < -0.3 is 5.32 Å². The minimum atomic E-state index is -0.715. The molecular formula is C4H8BrN3O2S. The maximum absolute atomic E-state index is 9.88. The van der Waals surface area contributed by atoms with Crippen molar-refractivity contribution in [3.05, 3.63) is 10.1 Å². The first-order valence-corrected chi connectivity index (χ1v) is 5.12. The number of nitrogens with zero attached hydrogens (tertiary/aromatic N) is 2. The van der Waals surface area contributed by atoms with Gasteiger partial charge in [0.2, 0.25) is 5.17 Å². The number of alkyl halides is 1. The molecule has 0 amide bonds. The van der Waals surface area contributed by atoms with Crippen molar-refractivity contribution < 1.29 is 5.03 Å². The number of hydrogen-bond acceptors (Lipinski definition) is 3. The highest BCUT2D eigenvalue weighted by Crippen LogP contribution is 1.94. The van der Waals surface area contributed by atoms with Crippen LogP contribution in [0.25, 0.3) is 0 Å². The summed E-state index contributed by atoms with van der Waals surface area (Å²) in [7, 11) is 0. The summed E-state index contributed by atoms with van der Waals surface area (Å²) in [5.41, 5.74) is 0. The fraction of sp³-hybridized carbons (Fsp3) is 0.750. The predicted octanol–water partition coefficient (Wildman–Crippen LogP) is 0.882. The van der Waals surface area contributed by atoms with E-state index in [9.17, 15) is 10.1 Å². The zero-order valence-corrected chi connectivity index (χ0v) is 8.31. The number of hydrazone groups is 1. The van der Waals surface area contributed by atoms with Gasteiger partial charge in [-0.15, -0.1) is 0 Å². The maximum Gasteiger partial charge on any atom is 0.234 e. The van der Waals surface area contributed by atoms with E-state index in [1.54, 1.807) is 6.26 Å². The smallest absolute Gasteiger partial charge is 0.234 e. The third-order valence-electron chi connectivity index (χ3n) is 0.737. The molecule has 0 aromatic heterocycles. The average Bonchev–Trinajstić information content (AvgIpc) is 1.97. The number of rotatable bonds is 3. The normalized spacial score (nSPS) is 11.3. The average molecular weight is 242 g/mol.